The van der Waals surface area contributed by atoms with Gasteiger partial charge in [-0.25, -0.2) is 0 Å². The number of rotatable bonds is 1. The largest absolute Gasteiger partial charge is 0.352 e. The number of amides is 1. The van der Waals surface area contributed by atoms with E-state index in [1.165, 1.54) is 0 Å². The minimum Gasteiger partial charge on any atom is -0.352 e. The first kappa shape index (κ1) is 4.91. The van der Waals surface area contributed by atoms with Gasteiger partial charge in [-0.1, -0.05) is 0 Å². The molecule has 1 saturated heterocycles. The Hall–Kier alpha value is -0.240. The molecule has 3 heteroatoms. The lowest BCUT2D eigenvalue weighted by Gasteiger charge is -2.23. The molecule has 1 atom stereocenters. The van der Waals surface area contributed by atoms with Crippen molar-refractivity contribution in [1.29, 1.82) is 0 Å². The molecule has 1 aliphatic heterocycles. The Labute approximate surface area is 46.8 Å². The molecule has 2 nitrogen and oxygen atoms in total. The highest BCUT2D eigenvalue weighted by atomic mass is 35.5. The molecular weight excluding hydrogens is 114 g/mol. The van der Waals surface area contributed by atoms with E-state index in [2.05, 4.69) is 5.32 Å². The van der Waals surface area contributed by atoms with Gasteiger partial charge in [0.05, 0.1) is 6.04 Å². The van der Waals surface area contributed by atoms with E-state index in [0.717, 1.165) is 0 Å². The topological polar surface area (TPSA) is 29.1 Å². The second-order valence-corrected chi connectivity index (χ2v) is 1.93. The van der Waals surface area contributed by atoms with Gasteiger partial charge >= 0.3 is 0 Å². The number of halogens is 1. The number of carbonyl (C=O) groups is 1. The van der Waals surface area contributed by atoms with Crippen molar-refractivity contribution in [1.82, 2.24) is 5.32 Å². The lowest BCUT2D eigenvalue weighted by Crippen LogP contribution is -2.49. The van der Waals surface area contributed by atoms with E-state index in [1.807, 2.05) is 0 Å². The van der Waals surface area contributed by atoms with Crippen molar-refractivity contribution < 1.29 is 4.79 Å². The summed E-state index contributed by atoms with van der Waals surface area (Å²) in [7, 11) is 0. The Morgan fingerprint density at radius 3 is 2.71 bits per heavy atom. The van der Waals surface area contributed by atoms with Crippen LogP contribution in [0.15, 0.2) is 0 Å². The van der Waals surface area contributed by atoms with Crippen LogP contribution >= 0.6 is 11.6 Å². The maximum Gasteiger partial charge on any atom is 0.222 e. The first-order valence-electron chi connectivity index (χ1n) is 2.18. The van der Waals surface area contributed by atoms with E-state index in [4.69, 9.17) is 11.6 Å². The number of carbonyl (C=O) groups excluding carboxylic acids is 1. The molecule has 0 aromatic rings. The van der Waals surface area contributed by atoms with Crippen molar-refractivity contribution in [3.63, 3.8) is 0 Å². The molecule has 1 N–H and O–H groups in total. The predicted molar refractivity (Wildman–Crippen MR) is 27.3 cm³/mol. The predicted octanol–water partition coefficient (Wildman–Crippen LogP) is 0.114. The molecule has 0 spiro atoms. The molecule has 0 aromatic carbocycles. The average molecular weight is 120 g/mol. The number of alkyl halides is 1. The molecule has 0 aliphatic carbocycles. The maximum absolute atomic E-state index is 10.1. The average Bonchev–Trinajstić information content (AvgIpc) is 1.58. The molecular formula is C4H6ClNO. The molecule has 1 heterocycles. The van der Waals surface area contributed by atoms with Crippen LogP contribution in [0.25, 0.3) is 0 Å². The molecule has 0 radical (unpaired) electrons. The first-order chi connectivity index (χ1) is 3.33. The monoisotopic (exact) mass is 119 g/mol. The van der Waals surface area contributed by atoms with Crippen LogP contribution in [0.1, 0.15) is 6.42 Å². The van der Waals surface area contributed by atoms with Crippen molar-refractivity contribution in [3.8, 4) is 0 Å². The van der Waals surface area contributed by atoms with Crippen molar-refractivity contribution in [2.45, 2.75) is 12.5 Å². The van der Waals surface area contributed by atoms with Gasteiger partial charge in [0.25, 0.3) is 0 Å². The summed E-state index contributed by atoms with van der Waals surface area (Å²) in [6.07, 6.45) is 0.615. The molecule has 1 unspecified atom stereocenters. The lowest BCUT2D eigenvalue weighted by molar-refractivity contribution is -0.127. The van der Waals surface area contributed by atoms with E-state index in [-0.39, 0.29) is 11.9 Å². The standard InChI is InChI=1S/C4H6ClNO/c5-2-3-1-4(7)6-3/h3H,1-2H2,(H,6,7). The Balaban J connectivity index is 2.17. The Bertz CT molecular complexity index is 85.7. The second-order valence-electron chi connectivity index (χ2n) is 1.62. The quantitative estimate of drug-likeness (QED) is 0.385. The molecule has 7 heavy (non-hydrogen) atoms. The minimum absolute atomic E-state index is 0.116. The van der Waals surface area contributed by atoms with Crippen molar-refractivity contribution >= 4 is 17.5 Å². The second kappa shape index (κ2) is 1.70. The van der Waals surface area contributed by atoms with E-state index >= 15 is 0 Å². The van der Waals surface area contributed by atoms with Gasteiger partial charge in [0.2, 0.25) is 5.91 Å². The zero-order valence-electron chi connectivity index (χ0n) is 3.78. The summed E-state index contributed by atoms with van der Waals surface area (Å²) in [5, 5.41) is 2.62. The zero-order valence-corrected chi connectivity index (χ0v) is 4.53. The SMILES string of the molecule is O=C1CC(CCl)N1. The van der Waals surface area contributed by atoms with Crippen molar-refractivity contribution in [2.75, 3.05) is 5.88 Å². The summed E-state index contributed by atoms with van der Waals surface area (Å²) < 4.78 is 0. The molecule has 1 aliphatic rings. The van der Waals surface area contributed by atoms with Crippen LogP contribution in [-0.2, 0) is 4.79 Å². The van der Waals surface area contributed by atoms with Gasteiger partial charge in [0.15, 0.2) is 0 Å². The third kappa shape index (κ3) is 0.855. The highest BCUT2D eigenvalue weighted by Crippen LogP contribution is 2.04. The third-order valence-electron chi connectivity index (χ3n) is 0.983. The van der Waals surface area contributed by atoms with Crippen LogP contribution in [0.4, 0.5) is 0 Å². The lowest BCUT2D eigenvalue weighted by atomic mass is 10.1. The highest BCUT2D eigenvalue weighted by molar-refractivity contribution is 6.18. The Kier molecular flexibility index (Phi) is 1.19. The summed E-state index contributed by atoms with van der Waals surface area (Å²) in [6, 6.07) is 0.258. The third-order valence-corrected chi connectivity index (χ3v) is 1.36. The smallest absolute Gasteiger partial charge is 0.222 e. The maximum atomic E-state index is 10.1. The molecule has 0 saturated carbocycles. The molecule has 1 amide bonds. The van der Waals surface area contributed by atoms with Gasteiger partial charge < -0.3 is 5.32 Å². The van der Waals surface area contributed by atoms with E-state index in [1.54, 1.807) is 0 Å². The minimum atomic E-state index is 0.116. The zero-order chi connectivity index (χ0) is 5.28. The summed E-state index contributed by atoms with van der Waals surface area (Å²) in [5.41, 5.74) is 0. The molecule has 1 rings (SSSR count). The summed E-state index contributed by atoms with van der Waals surface area (Å²) in [5.74, 6) is 0.664. The Morgan fingerprint density at radius 2 is 2.57 bits per heavy atom. The van der Waals surface area contributed by atoms with Crippen LogP contribution in [0.5, 0.6) is 0 Å². The van der Waals surface area contributed by atoms with Gasteiger partial charge in [-0.05, 0) is 0 Å². The van der Waals surface area contributed by atoms with E-state index in [9.17, 15) is 4.79 Å². The highest BCUT2D eigenvalue weighted by Gasteiger charge is 2.23. The fourth-order valence-corrected chi connectivity index (χ4v) is 0.710. The number of hydrogen-bond donors (Lipinski definition) is 1. The number of β-lactam (4-membered cyclic amide) rings is 1. The van der Waals surface area contributed by atoms with E-state index < -0.39 is 0 Å². The first-order valence-corrected chi connectivity index (χ1v) is 2.71. The van der Waals surface area contributed by atoms with Crippen molar-refractivity contribution in [3.05, 3.63) is 0 Å². The summed E-state index contributed by atoms with van der Waals surface area (Å²) in [6.45, 7) is 0. The number of hydrogen-bond acceptors (Lipinski definition) is 1. The molecule has 0 aromatic heterocycles. The van der Waals surface area contributed by atoms with Gasteiger partial charge in [0, 0.05) is 12.3 Å². The Morgan fingerprint density at radius 1 is 2.00 bits per heavy atom. The summed E-state index contributed by atoms with van der Waals surface area (Å²) in [4.78, 5) is 10.1. The molecule has 0 bridgehead atoms. The molecule has 40 valence electrons. The van der Waals surface area contributed by atoms with Gasteiger partial charge in [-0.15, -0.1) is 11.6 Å². The summed E-state index contributed by atoms with van der Waals surface area (Å²) >= 11 is 5.35. The molecule has 1 fully saturated rings. The van der Waals surface area contributed by atoms with Gasteiger partial charge in [-0.3, -0.25) is 4.79 Å². The van der Waals surface area contributed by atoms with Gasteiger partial charge in [-0.2, -0.15) is 0 Å². The van der Waals surface area contributed by atoms with E-state index in [0.29, 0.717) is 12.3 Å². The van der Waals surface area contributed by atoms with Crippen LogP contribution < -0.4 is 5.32 Å². The number of nitrogens with one attached hydrogen (secondary N) is 1. The fraction of sp³-hybridized carbons (Fsp3) is 0.750. The fourth-order valence-electron chi connectivity index (χ4n) is 0.523. The normalized spacial score (nSPS) is 28.7. The van der Waals surface area contributed by atoms with Crippen LogP contribution in [-0.4, -0.2) is 17.8 Å². The van der Waals surface area contributed by atoms with Gasteiger partial charge in [0.1, 0.15) is 0 Å². The van der Waals surface area contributed by atoms with Crippen molar-refractivity contribution in [2.24, 2.45) is 0 Å². The van der Waals surface area contributed by atoms with Crippen LogP contribution in [0.3, 0.4) is 0 Å². The van der Waals surface area contributed by atoms with Crippen LogP contribution in [0.2, 0.25) is 0 Å². The van der Waals surface area contributed by atoms with Crippen LogP contribution in [0, 0.1) is 0 Å².